The Labute approximate surface area is 126 Å². The van der Waals surface area contributed by atoms with Gasteiger partial charge in [-0.25, -0.2) is 13.1 Å². The SMILES string of the molecule is COc1ccc(S(=O)(=O)NCC2COCCO2)cc1Br. The van der Waals surface area contributed by atoms with E-state index in [1.54, 1.807) is 6.07 Å². The molecule has 0 radical (unpaired) electrons. The molecule has 1 heterocycles. The zero-order valence-electron chi connectivity index (χ0n) is 11.0. The lowest BCUT2D eigenvalue weighted by atomic mass is 10.3. The summed E-state index contributed by atoms with van der Waals surface area (Å²) in [5, 5.41) is 0. The molecule has 112 valence electrons. The molecule has 20 heavy (non-hydrogen) atoms. The first-order chi connectivity index (χ1) is 9.53. The predicted octanol–water partition coefficient (Wildman–Crippen LogP) is 1.15. The Balaban J connectivity index is 2.04. The molecule has 0 aliphatic carbocycles. The molecule has 0 spiro atoms. The van der Waals surface area contributed by atoms with Crippen LogP contribution in [0.5, 0.6) is 5.75 Å². The van der Waals surface area contributed by atoms with Gasteiger partial charge in [-0.15, -0.1) is 0 Å². The van der Waals surface area contributed by atoms with Crippen molar-refractivity contribution in [3.05, 3.63) is 22.7 Å². The minimum Gasteiger partial charge on any atom is -0.496 e. The average molecular weight is 366 g/mol. The normalized spacial score (nSPS) is 19.8. The van der Waals surface area contributed by atoms with Crippen molar-refractivity contribution in [1.82, 2.24) is 4.72 Å². The maximum absolute atomic E-state index is 12.2. The summed E-state index contributed by atoms with van der Waals surface area (Å²) in [5.74, 6) is 0.577. The lowest BCUT2D eigenvalue weighted by Crippen LogP contribution is -2.39. The lowest BCUT2D eigenvalue weighted by Gasteiger charge is -2.23. The second kappa shape index (κ2) is 6.86. The smallest absolute Gasteiger partial charge is 0.240 e. The fourth-order valence-electron chi connectivity index (χ4n) is 1.75. The monoisotopic (exact) mass is 365 g/mol. The molecule has 1 aliphatic heterocycles. The number of rotatable bonds is 5. The Morgan fingerprint density at radius 3 is 2.85 bits per heavy atom. The first-order valence-electron chi connectivity index (χ1n) is 6.05. The molecule has 8 heteroatoms. The number of hydrogen-bond acceptors (Lipinski definition) is 5. The van der Waals surface area contributed by atoms with Gasteiger partial charge in [0.1, 0.15) is 5.75 Å². The van der Waals surface area contributed by atoms with Crippen molar-refractivity contribution in [1.29, 1.82) is 0 Å². The molecule has 1 fully saturated rings. The third-order valence-corrected chi connectivity index (χ3v) is 4.86. The van der Waals surface area contributed by atoms with E-state index in [0.29, 0.717) is 30.0 Å². The molecule has 2 rings (SSSR count). The third-order valence-electron chi connectivity index (χ3n) is 2.82. The molecule has 0 bridgehead atoms. The van der Waals surface area contributed by atoms with Crippen molar-refractivity contribution in [3.63, 3.8) is 0 Å². The van der Waals surface area contributed by atoms with Gasteiger partial charge in [0.15, 0.2) is 0 Å². The molecule has 0 saturated carbocycles. The van der Waals surface area contributed by atoms with Gasteiger partial charge in [-0.05, 0) is 34.1 Å². The van der Waals surface area contributed by atoms with E-state index in [9.17, 15) is 8.42 Å². The van der Waals surface area contributed by atoms with Crippen LogP contribution >= 0.6 is 15.9 Å². The minimum absolute atomic E-state index is 0.168. The number of halogens is 1. The van der Waals surface area contributed by atoms with Crippen molar-refractivity contribution in [2.75, 3.05) is 33.5 Å². The Bertz CT molecular complexity index is 557. The van der Waals surface area contributed by atoms with Gasteiger partial charge in [0, 0.05) is 6.54 Å². The first-order valence-corrected chi connectivity index (χ1v) is 8.33. The molecule has 6 nitrogen and oxygen atoms in total. The minimum atomic E-state index is -3.58. The summed E-state index contributed by atoms with van der Waals surface area (Å²) in [6.45, 7) is 1.62. The zero-order valence-corrected chi connectivity index (χ0v) is 13.4. The van der Waals surface area contributed by atoms with Gasteiger partial charge in [-0.2, -0.15) is 0 Å². The highest BCUT2D eigenvalue weighted by Gasteiger charge is 2.20. The zero-order chi connectivity index (χ0) is 14.6. The number of sulfonamides is 1. The van der Waals surface area contributed by atoms with Crippen LogP contribution in [0.2, 0.25) is 0 Å². The van der Waals surface area contributed by atoms with Crippen LogP contribution in [-0.2, 0) is 19.5 Å². The summed E-state index contributed by atoms with van der Waals surface area (Å²) >= 11 is 3.27. The number of methoxy groups -OCH3 is 1. The van der Waals surface area contributed by atoms with Gasteiger partial charge in [0.05, 0.1) is 42.4 Å². The summed E-state index contributed by atoms with van der Waals surface area (Å²) in [5.41, 5.74) is 0. The Hall–Kier alpha value is -0.670. The quantitative estimate of drug-likeness (QED) is 0.847. The van der Waals surface area contributed by atoms with Crippen molar-refractivity contribution in [3.8, 4) is 5.75 Å². The van der Waals surface area contributed by atoms with Crippen molar-refractivity contribution in [2.24, 2.45) is 0 Å². The van der Waals surface area contributed by atoms with Crippen molar-refractivity contribution in [2.45, 2.75) is 11.0 Å². The average Bonchev–Trinajstić information content (AvgIpc) is 2.46. The molecule has 0 amide bonds. The van der Waals surface area contributed by atoms with E-state index >= 15 is 0 Å². The molecule has 0 aromatic heterocycles. The second-order valence-electron chi connectivity index (χ2n) is 4.22. The highest BCUT2D eigenvalue weighted by atomic mass is 79.9. The predicted molar refractivity (Wildman–Crippen MR) is 76.4 cm³/mol. The van der Waals surface area contributed by atoms with Gasteiger partial charge in [0.25, 0.3) is 0 Å². The lowest BCUT2D eigenvalue weighted by molar-refractivity contribution is -0.0846. The topological polar surface area (TPSA) is 73.9 Å². The highest BCUT2D eigenvalue weighted by molar-refractivity contribution is 9.10. The maximum Gasteiger partial charge on any atom is 0.240 e. The van der Waals surface area contributed by atoms with Gasteiger partial charge >= 0.3 is 0 Å². The number of hydrogen-bond donors (Lipinski definition) is 1. The fraction of sp³-hybridized carbons (Fsp3) is 0.500. The number of benzene rings is 1. The van der Waals surface area contributed by atoms with Crippen LogP contribution in [0.25, 0.3) is 0 Å². The fourth-order valence-corrected chi connectivity index (χ4v) is 3.54. The molecule has 1 aromatic rings. The molecule has 1 aromatic carbocycles. The highest BCUT2D eigenvalue weighted by Crippen LogP contribution is 2.27. The number of nitrogens with one attached hydrogen (secondary N) is 1. The van der Waals surface area contributed by atoms with Crippen LogP contribution in [0.3, 0.4) is 0 Å². The second-order valence-corrected chi connectivity index (χ2v) is 6.84. The Morgan fingerprint density at radius 2 is 2.25 bits per heavy atom. The molecule has 1 N–H and O–H groups in total. The summed E-state index contributed by atoms with van der Waals surface area (Å²) in [6, 6.07) is 4.59. The third kappa shape index (κ3) is 3.92. The first kappa shape index (κ1) is 15.7. The Kier molecular flexibility index (Phi) is 5.39. The van der Waals surface area contributed by atoms with E-state index in [2.05, 4.69) is 20.7 Å². The molecule has 1 atom stereocenters. The van der Waals surface area contributed by atoms with E-state index in [1.807, 2.05) is 0 Å². The van der Waals surface area contributed by atoms with E-state index in [-0.39, 0.29) is 17.5 Å². The number of ether oxygens (including phenoxy) is 3. The van der Waals surface area contributed by atoms with Crippen molar-refractivity contribution < 1.29 is 22.6 Å². The van der Waals surface area contributed by atoms with Crippen LogP contribution in [0, 0.1) is 0 Å². The van der Waals surface area contributed by atoms with E-state index < -0.39 is 10.0 Å². The summed E-state index contributed by atoms with van der Waals surface area (Å²) in [6.07, 6.45) is -0.250. The van der Waals surface area contributed by atoms with Crippen LogP contribution in [-0.4, -0.2) is 48.0 Å². The van der Waals surface area contributed by atoms with E-state index in [4.69, 9.17) is 14.2 Å². The Morgan fingerprint density at radius 1 is 1.45 bits per heavy atom. The van der Waals surface area contributed by atoms with Crippen LogP contribution in [0.4, 0.5) is 0 Å². The van der Waals surface area contributed by atoms with Crippen LogP contribution < -0.4 is 9.46 Å². The summed E-state index contributed by atoms with van der Waals surface area (Å²) < 4.78 is 43.1. The van der Waals surface area contributed by atoms with E-state index in [1.165, 1.54) is 19.2 Å². The molecule has 1 unspecified atom stereocenters. The van der Waals surface area contributed by atoms with Gasteiger partial charge in [0.2, 0.25) is 10.0 Å². The molecule has 1 saturated heterocycles. The summed E-state index contributed by atoms with van der Waals surface area (Å²) in [4.78, 5) is 0.168. The van der Waals surface area contributed by atoms with E-state index in [0.717, 1.165) is 0 Å². The summed E-state index contributed by atoms with van der Waals surface area (Å²) in [7, 11) is -2.06. The molecule has 1 aliphatic rings. The largest absolute Gasteiger partial charge is 0.496 e. The standard InChI is InChI=1S/C12H16BrNO5S/c1-17-12-3-2-10(6-11(12)13)20(15,16)14-7-9-8-18-4-5-19-9/h2-3,6,9,14H,4-5,7-8H2,1H3. The molecular weight excluding hydrogens is 350 g/mol. The maximum atomic E-state index is 12.2. The molecular formula is C12H16BrNO5S. The van der Waals surface area contributed by atoms with Crippen LogP contribution in [0.15, 0.2) is 27.6 Å². The van der Waals surface area contributed by atoms with Gasteiger partial charge < -0.3 is 14.2 Å². The van der Waals surface area contributed by atoms with Crippen molar-refractivity contribution >= 4 is 26.0 Å². The van der Waals surface area contributed by atoms with Gasteiger partial charge in [-0.3, -0.25) is 0 Å². The van der Waals surface area contributed by atoms with Gasteiger partial charge in [-0.1, -0.05) is 0 Å². The van der Waals surface area contributed by atoms with Crippen LogP contribution in [0.1, 0.15) is 0 Å².